The summed E-state index contributed by atoms with van der Waals surface area (Å²) >= 11 is 0. The number of benzene rings is 1. The third kappa shape index (κ3) is 3.41. The van der Waals surface area contributed by atoms with Gasteiger partial charge >= 0.3 is 0 Å². The number of nitrogens with zero attached hydrogens (tertiary/aromatic N) is 3. The Morgan fingerprint density at radius 1 is 1.05 bits per heavy atom. The number of rotatable bonds is 3. The van der Waals surface area contributed by atoms with Gasteiger partial charge in [-0.05, 0) is 26.3 Å². The molecule has 4 nitrogen and oxygen atoms in total. The van der Waals surface area contributed by atoms with Crippen LogP contribution in [0.2, 0.25) is 0 Å². The third-order valence-electron chi connectivity index (χ3n) is 3.08. The number of aromatic nitrogens is 2. The standard InChI is InChI=1S/C16H19N3O/c1-11-5-12(2)7-14(6-11)10-19(4)16(20)15-8-17-13(3)18-9-15/h5-9H,10H2,1-4H3. The zero-order valence-electron chi connectivity index (χ0n) is 12.3. The Bertz CT molecular complexity index is 600. The van der Waals surface area contributed by atoms with Crippen LogP contribution in [-0.2, 0) is 6.54 Å². The molecule has 1 heterocycles. The fourth-order valence-electron chi connectivity index (χ4n) is 2.23. The van der Waals surface area contributed by atoms with Gasteiger partial charge < -0.3 is 4.90 Å². The summed E-state index contributed by atoms with van der Waals surface area (Å²) in [7, 11) is 1.79. The highest BCUT2D eigenvalue weighted by atomic mass is 16.2. The van der Waals surface area contributed by atoms with E-state index in [1.54, 1.807) is 31.3 Å². The summed E-state index contributed by atoms with van der Waals surface area (Å²) < 4.78 is 0. The van der Waals surface area contributed by atoms with Crippen LogP contribution in [0.3, 0.4) is 0 Å². The van der Waals surface area contributed by atoms with Crippen LogP contribution in [0.5, 0.6) is 0 Å². The van der Waals surface area contributed by atoms with Gasteiger partial charge in [0.2, 0.25) is 0 Å². The summed E-state index contributed by atoms with van der Waals surface area (Å²) in [5, 5.41) is 0. The van der Waals surface area contributed by atoms with Gasteiger partial charge in [0.15, 0.2) is 0 Å². The van der Waals surface area contributed by atoms with E-state index in [2.05, 4.69) is 42.0 Å². The fourth-order valence-corrected chi connectivity index (χ4v) is 2.23. The van der Waals surface area contributed by atoms with Crippen molar-refractivity contribution in [3.63, 3.8) is 0 Å². The molecule has 0 unspecified atom stereocenters. The molecule has 104 valence electrons. The molecule has 0 aliphatic heterocycles. The SMILES string of the molecule is Cc1cc(C)cc(CN(C)C(=O)c2cnc(C)nc2)c1. The second-order valence-corrected chi connectivity index (χ2v) is 5.18. The highest BCUT2D eigenvalue weighted by Crippen LogP contribution is 2.12. The molecule has 0 N–H and O–H groups in total. The zero-order valence-corrected chi connectivity index (χ0v) is 12.3. The van der Waals surface area contributed by atoms with Crippen LogP contribution in [0.15, 0.2) is 30.6 Å². The molecule has 0 atom stereocenters. The Labute approximate surface area is 119 Å². The van der Waals surface area contributed by atoms with Crippen molar-refractivity contribution in [2.75, 3.05) is 7.05 Å². The number of amides is 1. The molecule has 0 fully saturated rings. The van der Waals surface area contributed by atoms with Gasteiger partial charge in [0.1, 0.15) is 5.82 Å². The van der Waals surface area contributed by atoms with Crippen LogP contribution >= 0.6 is 0 Å². The molecule has 4 heteroatoms. The van der Waals surface area contributed by atoms with Gasteiger partial charge in [-0.15, -0.1) is 0 Å². The molecular weight excluding hydrogens is 250 g/mol. The normalized spacial score (nSPS) is 10.4. The second-order valence-electron chi connectivity index (χ2n) is 5.18. The van der Waals surface area contributed by atoms with E-state index in [9.17, 15) is 4.79 Å². The first kappa shape index (κ1) is 14.2. The van der Waals surface area contributed by atoms with E-state index in [1.165, 1.54) is 11.1 Å². The molecule has 0 bridgehead atoms. The quantitative estimate of drug-likeness (QED) is 0.860. The first-order chi connectivity index (χ1) is 9.45. The minimum absolute atomic E-state index is 0.0656. The third-order valence-corrected chi connectivity index (χ3v) is 3.08. The van der Waals surface area contributed by atoms with Crippen molar-refractivity contribution in [2.45, 2.75) is 27.3 Å². The minimum atomic E-state index is -0.0656. The topological polar surface area (TPSA) is 46.1 Å². The monoisotopic (exact) mass is 269 g/mol. The molecule has 2 aromatic rings. The molecule has 0 saturated heterocycles. The molecule has 1 amide bonds. The van der Waals surface area contributed by atoms with E-state index in [0.29, 0.717) is 17.9 Å². The first-order valence-corrected chi connectivity index (χ1v) is 6.57. The summed E-state index contributed by atoms with van der Waals surface area (Å²) in [6, 6.07) is 6.32. The van der Waals surface area contributed by atoms with E-state index in [-0.39, 0.29) is 5.91 Å². The predicted octanol–water partition coefficient (Wildman–Crippen LogP) is 2.67. The lowest BCUT2D eigenvalue weighted by Crippen LogP contribution is -2.26. The van der Waals surface area contributed by atoms with Crippen LogP contribution in [0, 0.1) is 20.8 Å². The van der Waals surface area contributed by atoms with Gasteiger partial charge in [0.25, 0.3) is 5.91 Å². The molecule has 1 aromatic carbocycles. The first-order valence-electron chi connectivity index (χ1n) is 6.57. The van der Waals surface area contributed by atoms with Gasteiger partial charge in [-0.3, -0.25) is 4.79 Å². The largest absolute Gasteiger partial charge is 0.337 e. The van der Waals surface area contributed by atoms with E-state index in [1.807, 2.05) is 0 Å². The molecular formula is C16H19N3O. The van der Waals surface area contributed by atoms with Crippen LogP contribution in [0.25, 0.3) is 0 Å². The summed E-state index contributed by atoms with van der Waals surface area (Å²) in [5.41, 5.74) is 4.06. The van der Waals surface area contributed by atoms with Crippen molar-refractivity contribution < 1.29 is 4.79 Å². The number of carbonyl (C=O) groups is 1. The maximum atomic E-state index is 12.3. The predicted molar refractivity (Wildman–Crippen MR) is 78.5 cm³/mol. The highest BCUT2D eigenvalue weighted by Gasteiger charge is 2.13. The maximum Gasteiger partial charge on any atom is 0.257 e. The van der Waals surface area contributed by atoms with Gasteiger partial charge in [0, 0.05) is 26.0 Å². The summed E-state index contributed by atoms with van der Waals surface area (Å²) in [5.74, 6) is 0.600. The van der Waals surface area contributed by atoms with Crippen molar-refractivity contribution in [1.29, 1.82) is 0 Å². The summed E-state index contributed by atoms with van der Waals surface area (Å²) in [6.07, 6.45) is 3.14. The number of hydrogen-bond acceptors (Lipinski definition) is 3. The highest BCUT2D eigenvalue weighted by molar-refractivity contribution is 5.93. The van der Waals surface area contributed by atoms with Crippen molar-refractivity contribution in [3.05, 3.63) is 58.7 Å². The lowest BCUT2D eigenvalue weighted by Gasteiger charge is -2.17. The molecule has 0 spiro atoms. The summed E-state index contributed by atoms with van der Waals surface area (Å²) in [4.78, 5) is 22.1. The molecule has 0 aliphatic rings. The maximum absolute atomic E-state index is 12.3. The van der Waals surface area contributed by atoms with Crippen LogP contribution in [0.4, 0.5) is 0 Å². The average Bonchev–Trinajstić information content (AvgIpc) is 2.37. The smallest absolute Gasteiger partial charge is 0.257 e. The molecule has 20 heavy (non-hydrogen) atoms. The van der Waals surface area contributed by atoms with E-state index in [0.717, 1.165) is 5.56 Å². The lowest BCUT2D eigenvalue weighted by atomic mass is 10.1. The minimum Gasteiger partial charge on any atom is -0.337 e. The lowest BCUT2D eigenvalue weighted by molar-refractivity contribution is 0.0784. The molecule has 1 aromatic heterocycles. The van der Waals surface area contributed by atoms with Crippen LogP contribution in [0.1, 0.15) is 32.9 Å². The van der Waals surface area contributed by atoms with E-state index >= 15 is 0 Å². The van der Waals surface area contributed by atoms with Crippen molar-refractivity contribution in [2.24, 2.45) is 0 Å². The van der Waals surface area contributed by atoms with Crippen molar-refractivity contribution in [1.82, 2.24) is 14.9 Å². The van der Waals surface area contributed by atoms with E-state index in [4.69, 9.17) is 0 Å². The molecule has 0 radical (unpaired) electrons. The molecule has 0 aliphatic carbocycles. The van der Waals surface area contributed by atoms with Crippen LogP contribution < -0.4 is 0 Å². The number of carbonyl (C=O) groups excluding carboxylic acids is 1. The Balaban J connectivity index is 2.13. The Hall–Kier alpha value is -2.23. The number of aryl methyl sites for hydroxylation is 3. The van der Waals surface area contributed by atoms with Crippen LogP contribution in [-0.4, -0.2) is 27.8 Å². The zero-order chi connectivity index (χ0) is 14.7. The summed E-state index contributed by atoms with van der Waals surface area (Å²) in [6.45, 7) is 6.50. The Kier molecular flexibility index (Phi) is 4.13. The molecule has 0 saturated carbocycles. The van der Waals surface area contributed by atoms with Gasteiger partial charge in [-0.2, -0.15) is 0 Å². The second kappa shape index (κ2) is 5.82. The van der Waals surface area contributed by atoms with Gasteiger partial charge in [-0.25, -0.2) is 9.97 Å². The van der Waals surface area contributed by atoms with Crippen molar-refractivity contribution >= 4 is 5.91 Å². The van der Waals surface area contributed by atoms with Crippen molar-refractivity contribution in [3.8, 4) is 0 Å². The Morgan fingerprint density at radius 3 is 2.15 bits per heavy atom. The van der Waals surface area contributed by atoms with E-state index < -0.39 is 0 Å². The average molecular weight is 269 g/mol. The molecule has 2 rings (SSSR count). The number of hydrogen-bond donors (Lipinski definition) is 0. The van der Waals surface area contributed by atoms with Gasteiger partial charge in [0.05, 0.1) is 5.56 Å². The fraction of sp³-hybridized carbons (Fsp3) is 0.312. The van der Waals surface area contributed by atoms with Gasteiger partial charge in [-0.1, -0.05) is 29.3 Å². The Morgan fingerprint density at radius 2 is 1.60 bits per heavy atom.